The van der Waals surface area contributed by atoms with Crippen LogP contribution in [0.1, 0.15) is 18.4 Å². The maximum atomic E-state index is 11.9. The molecule has 1 fully saturated rings. The summed E-state index contributed by atoms with van der Waals surface area (Å²) in [6.07, 6.45) is 5.02. The van der Waals surface area contributed by atoms with Crippen LogP contribution in [0.25, 0.3) is 0 Å². The van der Waals surface area contributed by atoms with E-state index < -0.39 is 0 Å². The number of carbonyl (C=O) groups is 2. The van der Waals surface area contributed by atoms with Crippen LogP contribution in [0.2, 0.25) is 0 Å². The highest BCUT2D eigenvalue weighted by Gasteiger charge is 2.28. The van der Waals surface area contributed by atoms with Gasteiger partial charge in [-0.3, -0.25) is 14.6 Å². The molecular weight excluding hydrogens is 256 g/mol. The van der Waals surface area contributed by atoms with Gasteiger partial charge in [0.1, 0.15) is 6.04 Å². The summed E-state index contributed by atoms with van der Waals surface area (Å²) in [5.74, 6) is -0.408. The summed E-state index contributed by atoms with van der Waals surface area (Å²) in [4.78, 5) is 29.0. The van der Waals surface area contributed by atoms with Gasteiger partial charge in [0.25, 0.3) is 0 Å². The average Bonchev–Trinajstić information content (AvgIpc) is 2.94. The number of hydrogen-bond donors (Lipinski definition) is 1. The molecule has 0 bridgehead atoms. The Labute approximate surface area is 117 Å². The van der Waals surface area contributed by atoms with Crippen LogP contribution in [0.15, 0.2) is 24.5 Å². The first-order valence-corrected chi connectivity index (χ1v) is 6.55. The fourth-order valence-corrected chi connectivity index (χ4v) is 2.22. The van der Waals surface area contributed by atoms with Gasteiger partial charge in [-0.25, -0.2) is 0 Å². The van der Waals surface area contributed by atoms with Gasteiger partial charge in [-0.1, -0.05) is 0 Å². The van der Waals surface area contributed by atoms with Crippen molar-refractivity contribution in [1.82, 2.24) is 15.2 Å². The first-order valence-electron chi connectivity index (χ1n) is 6.55. The highest BCUT2D eigenvalue weighted by Crippen LogP contribution is 2.15. The predicted octanol–water partition coefficient (Wildman–Crippen LogP) is 0.255. The number of rotatable bonds is 4. The standard InChI is InChI=1S/C14H16N4O2/c15-9-12-2-1-7-18(12)14(20)10-17-13(19)8-11-3-5-16-6-4-11/h3-6,12H,1-2,7-8,10H2,(H,17,19). The monoisotopic (exact) mass is 272 g/mol. The summed E-state index contributed by atoms with van der Waals surface area (Å²) in [5.41, 5.74) is 0.848. The second-order valence-corrected chi connectivity index (χ2v) is 4.68. The zero-order valence-electron chi connectivity index (χ0n) is 11.1. The molecule has 0 spiro atoms. The Morgan fingerprint density at radius 1 is 1.45 bits per heavy atom. The predicted molar refractivity (Wildman–Crippen MR) is 71.3 cm³/mol. The molecule has 1 unspecified atom stereocenters. The molecule has 0 aromatic carbocycles. The van der Waals surface area contributed by atoms with E-state index in [-0.39, 0.29) is 30.8 Å². The van der Waals surface area contributed by atoms with Crippen LogP contribution in [-0.2, 0) is 16.0 Å². The molecule has 1 saturated heterocycles. The quantitative estimate of drug-likeness (QED) is 0.851. The first kappa shape index (κ1) is 14.0. The maximum Gasteiger partial charge on any atom is 0.243 e. The second-order valence-electron chi connectivity index (χ2n) is 4.68. The molecule has 1 aliphatic heterocycles. The number of hydrogen-bond acceptors (Lipinski definition) is 4. The number of amides is 2. The molecule has 1 N–H and O–H groups in total. The maximum absolute atomic E-state index is 11.9. The van der Waals surface area contributed by atoms with E-state index in [0.29, 0.717) is 13.0 Å². The van der Waals surface area contributed by atoms with Crippen LogP contribution in [-0.4, -0.2) is 40.8 Å². The van der Waals surface area contributed by atoms with E-state index in [9.17, 15) is 9.59 Å². The third-order valence-corrected chi connectivity index (χ3v) is 3.27. The van der Waals surface area contributed by atoms with Gasteiger partial charge >= 0.3 is 0 Å². The fraction of sp³-hybridized carbons (Fsp3) is 0.429. The number of nitrogens with one attached hydrogen (secondary N) is 1. The lowest BCUT2D eigenvalue weighted by Gasteiger charge is -2.19. The highest BCUT2D eigenvalue weighted by molar-refractivity contribution is 5.86. The van der Waals surface area contributed by atoms with Crippen LogP contribution in [0.5, 0.6) is 0 Å². The van der Waals surface area contributed by atoms with E-state index in [1.807, 2.05) is 0 Å². The van der Waals surface area contributed by atoms with Gasteiger partial charge in [-0.2, -0.15) is 5.26 Å². The highest BCUT2D eigenvalue weighted by atomic mass is 16.2. The van der Waals surface area contributed by atoms with Gasteiger partial charge in [0.15, 0.2) is 0 Å². The Balaban J connectivity index is 1.79. The number of nitrogens with zero attached hydrogens (tertiary/aromatic N) is 3. The molecule has 2 amide bonds. The van der Waals surface area contributed by atoms with Crippen molar-refractivity contribution in [1.29, 1.82) is 5.26 Å². The zero-order valence-corrected chi connectivity index (χ0v) is 11.1. The van der Waals surface area contributed by atoms with Gasteiger partial charge in [-0.15, -0.1) is 0 Å². The Kier molecular flexibility index (Phi) is 4.66. The van der Waals surface area contributed by atoms with Crippen molar-refractivity contribution in [3.63, 3.8) is 0 Å². The van der Waals surface area contributed by atoms with Crippen molar-refractivity contribution in [3.05, 3.63) is 30.1 Å². The summed E-state index contributed by atoms with van der Waals surface area (Å²) >= 11 is 0. The van der Waals surface area contributed by atoms with Crippen LogP contribution in [0, 0.1) is 11.3 Å². The minimum absolute atomic E-state index is 0.0535. The average molecular weight is 272 g/mol. The van der Waals surface area contributed by atoms with Crippen LogP contribution >= 0.6 is 0 Å². The molecule has 1 aliphatic rings. The van der Waals surface area contributed by atoms with Crippen LogP contribution in [0.3, 0.4) is 0 Å². The Morgan fingerprint density at radius 3 is 2.90 bits per heavy atom. The minimum Gasteiger partial charge on any atom is -0.347 e. The summed E-state index contributed by atoms with van der Waals surface area (Å²) in [5, 5.41) is 11.5. The topological polar surface area (TPSA) is 86.1 Å². The lowest BCUT2D eigenvalue weighted by molar-refractivity contribution is -0.132. The van der Waals surface area contributed by atoms with Gasteiger partial charge in [0.2, 0.25) is 11.8 Å². The lowest BCUT2D eigenvalue weighted by Crippen LogP contribution is -2.42. The first-order chi connectivity index (χ1) is 9.70. The number of aromatic nitrogens is 1. The molecular formula is C14H16N4O2. The zero-order chi connectivity index (χ0) is 14.4. The SMILES string of the molecule is N#CC1CCCN1C(=O)CNC(=O)Cc1ccncc1. The number of carbonyl (C=O) groups excluding carboxylic acids is 2. The van der Waals surface area contributed by atoms with E-state index in [2.05, 4.69) is 16.4 Å². The van der Waals surface area contributed by atoms with E-state index in [1.54, 1.807) is 24.5 Å². The van der Waals surface area contributed by atoms with Gasteiger partial charge in [-0.05, 0) is 30.5 Å². The Morgan fingerprint density at radius 2 is 2.20 bits per heavy atom. The summed E-state index contributed by atoms with van der Waals surface area (Å²) in [6.45, 7) is 0.541. The Bertz CT molecular complexity index is 524. The largest absolute Gasteiger partial charge is 0.347 e. The molecule has 2 heterocycles. The van der Waals surface area contributed by atoms with Crippen LogP contribution < -0.4 is 5.32 Å². The summed E-state index contributed by atoms with van der Waals surface area (Å²) in [7, 11) is 0. The molecule has 0 saturated carbocycles. The van der Waals surface area contributed by atoms with Gasteiger partial charge in [0.05, 0.1) is 19.0 Å². The molecule has 0 radical (unpaired) electrons. The summed E-state index contributed by atoms with van der Waals surface area (Å²) in [6, 6.07) is 5.28. The third-order valence-electron chi connectivity index (χ3n) is 3.27. The molecule has 20 heavy (non-hydrogen) atoms. The summed E-state index contributed by atoms with van der Waals surface area (Å²) < 4.78 is 0. The third kappa shape index (κ3) is 3.54. The molecule has 0 aliphatic carbocycles. The number of pyridine rings is 1. The molecule has 2 rings (SSSR count). The molecule has 6 heteroatoms. The molecule has 104 valence electrons. The van der Waals surface area contributed by atoms with E-state index in [4.69, 9.17) is 5.26 Å². The lowest BCUT2D eigenvalue weighted by atomic mass is 10.2. The van der Waals surface area contributed by atoms with E-state index in [0.717, 1.165) is 12.0 Å². The molecule has 6 nitrogen and oxygen atoms in total. The van der Waals surface area contributed by atoms with Gasteiger partial charge in [0, 0.05) is 18.9 Å². The van der Waals surface area contributed by atoms with Crippen LogP contribution in [0.4, 0.5) is 0 Å². The van der Waals surface area contributed by atoms with Crippen molar-refractivity contribution >= 4 is 11.8 Å². The number of likely N-dealkylation sites (tertiary alicyclic amines) is 1. The van der Waals surface area contributed by atoms with E-state index >= 15 is 0 Å². The smallest absolute Gasteiger partial charge is 0.243 e. The normalized spacial score (nSPS) is 17.6. The van der Waals surface area contributed by atoms with Crippen molar-refractivity contribution in [2.24, 2.45) is 0 Å². The molecule has 1 atom stereocenters. The second kappa shape index (κ2) is 6.66. The van der Waals surface area contributed by atoms with Crippen molar-refractivity contribution in [2.75, 3.05) is 13.1 Å². The van der Waals surface area contributed by atoms with Crippen molar-refractivity contribution < 1.29 is 9.59 Å². The van der Waals surface area contributed by atoms with Gasteiger partial charge < -0.3 is 10.2 Å². The molecule has 1 aromatic heterocycles. The Hall–Kier alpha value is -2.42. The van der Waals surface area contributed by atoms with Crippen molar-refractivity contribution in [2.45, 2.75) is 25.3 Å². The van der Waals surface area contributed by atoms with Crippen molar-refractivity contribution in [3.8, 4) is 6.07 Å². The van der Waals surface area contributed by atoms with E-state index in [1.165, 1.54) is 4.90 Å². The number of nitriles is 1. The molecule has 1 aromatic rings. The fourth-order valence-electron chi connectivity index (χ4n) is 2.22. The minimum atomic E-state index is -0.348.